The number of nitrogens with zero attached hydrogens (tertiary/aromatic N) is 5. The molecule has 6 nitrogen and oxygen atoms in total. The van der Waals surface area contributed by atoms with E-state index in [0.717, 1.165) is 44.5 Å². The quantitative estimate of drug-likeness (QED) is 0.673. The molecule has 2 atom stereocenters. The highest BCUT2D eigenvalue weighted by molar-refractivity contribution is 5.83. The Hall–Kier alpha value is -2.68. The van der Waals surface area contributed by atoms with E-state index in [9.17, 15) is 18.3 Å². The lowest BCUT2D eigenvalue weighted by Crippen LogP contribution is -2.41. The molecule has 0 saturated carbocycles. The van der Waals surface area contributed by atoms with Gasteiger partial charge < -0.3 is 9.67 Å². The standard InChI is InChI=1S/C21H22F3N5O/c1-12-18(14-7-6-13(10-17(14)30)21(22,23)24)26-27-20-19(12)25-11-29(20)16-5-3-9-28-8-2-4-15(16)28/h6-7,10-11,15-16,30H,2-5,8-9H2,1H3/t15-,16+/m0/s1. The summed E-state index contributed by atoms with van der Waals surface area (Å²) in [6, 6.07) is 3.67. The van der Waals surface area contributed by atoms with Crippen molar-refractivity contribution in [1.82, 2.24) is 24.6 Å². The monoisotopic (exact) mass is 417 g/mol. The average molecular weight is 417 g/mol. The Morgan fingerprint density at radius 1 is 1.07 bits per heavy atom. The van der Waals surface area contributed by atoms with Crippen LogP contribution in [0.15, 0.2) is 24.5 Å². The minimum absolute atomic E-state index is 0.212. The fraction of sp³-hybridized carbons (Fsp3) is 0.476. The molecule has 2 aliphatic heterocycles. The van der Waals surface area contributed by atoms with Crippen molar-refractivity contribution in [2.24, 2.45) is 0 Å². The number of rotatable bonds is 2. The van der Waals surface area contributed by atoms with Gasteiger partial charge in [-0.25, -0.2) is 4.98 Å². The number of fused-ring (bicyclic) bond motifs is 2. The normalized spacial score (nSPS) is 22.5. The fourth-order valence-corrected chi connectivity index (χ4v) is 5.00. The molecule has 30 heavy (non-hydrogen) atoms. The van der Waals surface area contributed by atoms with E-state index in [1.807, 2.05) is 6.92 Å². The second-order valence-electron chi connectivity index (χ2n) is 8.18. The van der Waals surface area contributed by atoms with E-state index in [1.54, 1.807) is 6.33 Å². The number of aryl methyl sites for hydroxylation is 1. The molecule has 5 rings (SSSR count). The van der Waals surface area contributed by atoms with Crippen molar-refractivity contribution in [3.8, 4) is 17.0 Å². The molecule has 2 aliphatic rings. The van der Waals surface area contributed by atoms with Gasteiger partial charge in [0.25, 0.3) is 0 Å². The average Bonchev–Trinajstić information content (AvgIpc) is 3.35. The number of piperidine rings is 1. The number of hydrogen-bond donors (Lipinski definition) is 1. The summed E-state index contributed by atoms with van der Waals surface area (Å²) in [6.45, 7) is 4.08. The number of imidazole rings is 1. The summed E-state index contributed by atoms with van der Waals surface area (Å²) in [7, 11) is 0. The zero-order chi connectivity index (χ0) is 21.0. The molecule has 1 aromatic carbocycles. The number of aromatic nitrogens is 4. The van der Waals surface area contributed by atoms with Gasteiger partial charge in [0.05, 0.1) is 17.9 Å². The smallest absolute Gasteiger partial charge is 0.416 e. The predicted octanol–water partition coefficient (Wildman–Crippen LogP) is 4.33. The van der Waals surface area contributed by atoms with E-state index in [-0.39, 0.29) is 5.56 Å². The van der Waals surface area contributed by atoms with Crippen molar-refractivity contribution in [3.05, 3.63) is 35.7 Å². The number of benzene rings is 1. The van der Waals surface area contributed by atoms with Crippen molar-refractivity contribution in [2.75, 3.05) is 13.1 Å². The van der Waals surface area contributed by atoms with Crippen molar-refractivity contribution in [2.45, 2.75) is 50.9 Å². The molecular weight excluding hydrogens is 395 g/mol. The van der Waals surface area contributed by atoms with E-state index >= 15 is 0 Å². The Morgan fingerprint density at radius 2 is 1.80 bits per heavy atom. The lowest BCUT2D eigenvalue weighted by Gasteiger charge is -2.37. The van der Waals surface area contributed by atoms with E-state index in [2.05, 4.69) is 24.6 Å². The molecule has 2 fully saturated rings. The first-order chi connectivity index (χ1) is 14.3. The minimum Gasteiger partial charge on any atom is -0.507 e. The van der Waals surface area contributed by atoms with Crippen molar-refractivity contribution < 1.29 is 18.3 Å². The van der Waals surface area contributed by atoms with Crippen molar-refractivity contribution in [3.63, 3.8) is 0 Å². The Balaban J connectivity index is 1.55. The highest BCUT2D eigenvalue weighted by atomic mass is 19.4. The highest BCUT2D eigenvalue weighted by Crippen LogP contribution is 2.39. The summed E-state index contributed by atoms with van der Waals surface area (Å²) < 4.78 is 40.8. The number of alkyl halides is 3. The van der Waals surface area contributed by atoms with Crippen LogP contribution in [0.25, 0.3) is 22.4 Å². The zero-order valence-corrected chi connectivity index (χ0v) is 16.5. The highest BCUT2D eigenvalue weighted by Gasteiger charge is 2.36. The molecule has 2 aromatic heterocycles. The van der Waals surface area contributed by atoms with Gasteiger partial charge in [-0.05, 0) is 63.9 Å². The molecule has 0 unspecified atom stereocenters. The van der Waals surface area contributed by atoms with E-state index in [1.165, 1.54) is 12.5 Å². The van der Waals surface area contributed by atoms with Crippen LogP contribution in [-0.4, -0.2) is 48.9 Å². The number of phenolic OH excluding ortho intramolecular Hbond substituents is 1. The molecule has 0 spiro atoms. The van der Waals surface area contributed by atoms with Gasteiger partial charge in [-0.2, -0.15) is 13.2 Å². The number of phenols is 1. The topological polar surface area (TPSA) is 67.1 Å². The Morgan fingerprint density at radius 3 is 2.50 bits per heavy atom. The summed E-state index contributed by atoms with van der Waals surface area (Å²) in [5, 5.41) is 18.9. The first-order valence-corrected chi connectivity index (χ1v) is 10.2. The van der Waals surface area contributed by atoms with Crippen LogP contribution in [0.1, 0.15) is 42.9 Å². The SMILES string of the molecule is Cc1c(-c2ccc(C(F)(F)F)cc2O)nnc2c1ncn2[C@@H]1CCCN2CCC[C@@H]12. The molecule has 0 radical (unpaired) electrons. The maximum absolute atomic E-state index is 12.9. The third kappa shape index (κ3) is 3.03. The number of hydrogen-bond acceptors (Lipinski definition) is 5. The summed E-state index contributed by atoms with van der Waals surface area (Å²) in [5.74, 6) is -0.477. The van der Waals surface area contributed by atoms with Crippen molar-refractivity contribution in [1.29, 1.82) is 0 Å². The van der Waals surface area contributed by atoms with Gasteiger partial charge in [0.1, 0.15) is 17.0 Å². The van der Waals surface area contributed by atoms with Gasteiger partial charge in [0, 0.05) is 17.2 Å². The predicted molar refractivity (Wildman–Crippen MR) is 105 cm³/mol. The van der Waals surface area contributed by atoms with Crippen LogP contribution in [0.2, 0.25) is 0 Å². The van der Waals surface area contributed by atoms with E-state index < -0.39 is 17.5 Å². The molecule has 3 aromatic rings. The van der Waals surface area contributed by atoms with Gasteiger partial charge in [-0.15, -0.1) is 10.2 Å². The third-order valence-electron chi connectivity index (χ3n) is 6.46. The van der Waals surface area contributed by atoms with Gasteiger partial charge in [-0.1, -0.05) is 0 Å². The summed E-state index contributed by atoms with van der Waals surface area (Å²) in [4.78, 5) is 7.10. The maximum Gasteiger partial charge on any atom is 0.416 e. The second kappa shape index (κ2) is 6.94. The molecule has 0 bridgehead atoms. The maximum atomic E-state index is 12.9. The molecule has 158 valence electrons. The van der Waals surface area contributed by atoms with Crippen LogP contribution in [0.4, 0.5) is 13.2 Å². The van der Waals surface area contributed by atoms with Crippen LogP contribution in [0.3, 0.4) is 0 Å². The first kappa shape index (κ1) is 19.3. The Bertz CT molecular complexity index is 1110. The van der Waals surface area contributed by atoms with Crippen LogP contribution >= 0.6 is 0 Å². The van der Waals surface area contributed by atoms with Crippen LogP contribution in [-0.2, 0) is 6.18 Å². The summed E-state index contributed by atoms with van der Waals surface area (Å²) in [6.07, 6.45) is 1.84. The molecule has 4 heterocycles. The van der Waals surface area contributed by atoms with Crippen molar-refractivity contribution >= 4 is 11.2 Å². The number of aromatic hydroxyl groups is 1. The molecule has 2 saturated heterocycles. The van der Waals surface area contributed by atoms with Crippen LogP contribution in [0.5, 0.6) is 5.75 Å². The minimum atomic E-state index is -4.52. The second-order valence-corrected chi connectivity index (χ2v) is 8.18. The largest absolute Gasteiger partial charge is 0.507 e. The number of halogens is 3. The Kier molecular flexibility index (Phi) is 4.46. The fourth-order valence-electron chi connectivity index (χ4n) is 5.00. The van der Waals surface area contributed by atoms with Gasteiger partial charge in [-0.3, -0.25) is 4.90 Å². The Labute approximate surface area is 171 Å². The van der Waals surface area contributed by atoms with Gasteiger partial charge >= 0.3 is 6.18 Å². The van der Waals surface area contributed by atoms with Crippen LogP contribution < -0.4 is 0 Å². The lowest BCUT2D eigenvalue weighted by molar-refractivity contribution is -0.137. The molecule has 1 N–H and O–H groups in total. The molecular formula is C21H22F3N5O. The summed E-state index contributed by atoms with van der Waals surface area (Å²) in [5.41, 5.74) is 1.68. The van der Waals surface area contributed by atoms with Gasteiger partial charge in [0.2, 0.25) is 0 Å². The van der Waals surface area contributed by atoms with Gasteiger partial charge in [0.15, 0.2) is 5.65 Å². The molecule has 0 amide bonds. The van der Waals surface area contributed by atoms with E-state index in [4.69, 9.17) is 0 Å². The third-order valence-corrected chi connectivity index (χ3v) is 6.46. The van der Waals surface area contributed by atoms with E-state index in [0.29, 0.717) is 34.5 Å². The summed E-state index contributed by atoms with van der Waals surface area (Å²) >= 11 is 0. The molecule has 9 heteroatoms. The first-order valence-electron chi connectivity index (χ1n) is 10.2. The van der Waals surface area contributed by atoms with Crippen LogP contribution in [0, 0.1) is 6.92 Å². The lowest BCUT2D eigenvalue weighted by atomic mass is 9.96. The molecule has 0 aliphatic carbocycles. The zero-order valence-electron chi connectivity index (χ0n) is 16.5.